The molecule has 1 aromatic heterocycles. The third-order valence-corrected chi connectivity index (χ3v) is 2.97. The van der Waals surface area contributed by atoms with Crippen LogP contribution in [0.4, 0.5) is 0 Å². The van der Waals surface area contributed by atoms with Crippen molar-refractivity contribution >= 4 is 0 Å². The largest absolute Gasteiger partial charge is 0.497 e. The standard InChI is InChI=1S/C14H19N3O2/c1-17-12(4-5-16-17)10-15-9-11-6-13(18-2)8-14(7-11)19-3/h4-8,15H,9-10H2,1-3H3. The molecule has 0 saturated heterocycles. The number of nitrogens with zero attached hydrogens (tertiary/aromatic N) is 2. The monoisotopic (exact) mass is 261 g/mol. The number of hydrogen-bond donors (Lipinski definition) is 1. The summed E-state index contributed by atoms with van der Waals surface area (Å²) in [6.07, 6.45) is 1.80. The van der Waals surface area contributed by atoms with Crippen LogP contribution in [0.15, 0.2) is 30.5 Å². The predicted molar refractivity (Wildman–Crippen MR) is 73.3 cm³/mol. The molecule has 0 atom stereocenters. The van der Waals surface area contributed by atoms with Crippen LogP contribution in [0.3, 0.4) is 0 Å². The van der Waals surface area contributed by atoms with Crippen LogP contribution in [-0.2, 0) is 20.1 Å². The second kappa shape index (κ2) is 6.24. The van der Waals surface area contributed by atoms with Crippen molar-refractivity contribution in [1.82, 2.24) is 15.1 Å². The number of nitrogens with one attached hydrogen (secondary N) is 1. The summed E-state index contributed by atoms with van der Waals surface area (Å²) in [5.41, 5.74) is 2.27. The Balaban J connectivity index is 1.97. The summed E-state index contributed by atoms with van der Waals surface area (Å²) in [7, 11) is 5.24. The maximum Gasteiger partial charge on any atom is 0.122 e. The average molecular weight is 261 g/mol. The molecule has 5 nitrogen and oxygen atoms in total. The Kier molecular flexibility index (Phi) is 4.41. The molecule has 0 saturated carbocycles. The van der Waals surface area contributed by atoms with Crippen LogP contribution in [-0.4, -0.2) is 24.0 Å². The molecular formula is C14H19N3O2. The van der Waals surface area contributed by atoms with Crippen LogP contribution in [0.5, 0.6) is 11.5 Å². The van der Waals surface area contributed by atoms with Crippen molar-refractivity contribution in [3.8, 4) is 11.5 Å². The molecule has 0 aliphatic rings. The van der Waals surface area contributed by atoms with E-state index in [0.29, 0.717) is 0 Å². The maximum absolute atomic E-state index is 5.25. The molecule has 2 aromatic rings. The minimum atomic E-state index is 0.749. The van der Waals surface area contributed by atoms with E-state index in [1.54, 1.807) is 20.4 Å². The molecule has 19 heavy (non-hydrogen) atoms. The third-order valence-electron chi connectivity index (χ3n) is 2.97. The van der Waals surface area contributed by atoms with Gasteiger partial charge in [-0.15, -0.1) is 0 Å². The Labute approximate surface area is 113 Å². The number of hydrogen-bond acceptors (Lipinski definition) is 4. The molecule has 1 heterocycles. The molecule has 1 N–H and O–H groups in total. The first-order valence-corrected chi connectivity index (χ1v) is 6.12. The molecule has 0 radical (unpaired) electrons. The van der Waals surface area contributed by atoms with Gasteiger partial charge in [0.25, 0.3) is 0 Å². The number of ether oxygens (including phenoxy) is 2. The van der Waals surface area contributed by atoms with E-state index < -0.39 is 0 Å². The Morgan fingerprint density at radius 2 is 1.79 bits per heavy atom. The zero-order valence-electron chi connectivity index (χ0n) is 11.5. The second-order valence-electron chi connectivity index (χ2n) is 4.27. The molecule has 2 rings (SSSR count). The normalized spacial score (nSPS) is 10.5. The van der Waals surface area contributed by atoms with E-state index in [9.17, 15) is 0 Å². The van der Waals surface area contributed by atoms with Crippen molar-refractivity contribution in [1.29, 1.82) is 0 Å². The van der Waals surface area contributed by atoms with Gasteiger partial charge in [-0.25, -0.2) is 0 Å². The van der Waals surface area contributed by atoms with Gasteiger partial charge in [0.05, 0.1) is 19.9 Å². The number of rotatable bonds is 6. The van der Waals surface area contributed by atoms with Gasteiger partial charge in [0, 0.05) is 32.4 Å². The van der Waals surface area contributed by atoms with Crippen LogP contribution < -0.4 is 14.8 Å². The van der Waals surface area contributed by atoms with Gasteiger partial charge >= 0.3 is 0 Å². The van der Waals surface area contributed by atoms with Gasteiger partial charge in [0.1, 0.15) is 11.5 Å². The molecule has 0 bridgehead atoms. The van der Waals surface area contributed by atoms with Crippen molar-refractivity contribution in [2.24, 2.45) is 7.05 Å². The lowest BCUT2D eigenvalue weighted by Crippen LogP contribution is -2.15. The Bertz CT molecular complexity index is 515. The molecule has 0 unspecified atom stereocenters. The molecule has 5 heteroatoms. The van der Waals surface area contributed by atoms with E-state index in [0.717, 1.165) is 35.8 Å². The van der Waals surface area contributed by atoms with Crippen molar-refractivity contribution in [3.05, 3.63) is 41.7 Å². The minimum absolute atomic E-state index is 0.749. The predicted octanol–water partition coefficient (Wildman–Crippen LogP) is 1.73. The summed E-state index contributed by atoms with van der Waals surface area (Å²) < 4.78 is 12.4. The highest BCUT2D eigenvalue weighted by Gasteiger charge is 2.03. The zero-order chi connectivity index (χ0) is 13.7. The SMILES string of the molecule is COc1cc(CNCc2ccnn2C)cc(OC)c1. The second-order valence-corrected chi connectivity index (χ2v) is 4.27. The lowest BCUT2D eigenvalue weighted by molar-refractivity contribution is 0.393. The lowest BCUT2D eigenvalue weighted by atomic mass is 10.2. The summed E-state index contributed by atoms with van der Waals surface area (Å²) in [6.45, 7) is 1.52. The summed E-state index contributed by atoms with van der Waals surface area (Å²) in [5.74, 6) is 1.60. The van der Waals surface area contributed by atoms with Gasteiger partial charge in [-0.1, -0.05) is 0 Å². The van der Waals surface area contributed by atoms with Gasteiger partial charge in [0.15, 0.2) is 0 Å². The van der Waals surface area contributed by atoms with Crippen LogP contribution in [0.25, 0.3) is 0 Å². The zero-order valence-corrected chi connectivity index (χ0v) is 11.5. The van der Waals surface area contributed by atoms with E-state index in [1.165, 1.54) is 0 Å². The van der Waals surface area contributed by atoms with Gasteiger partial charge in [-0.3, -0.25) is 4.68 Å². The topological polar surface area (TPSA) is 48.3 Å². The van der Waals surface area contributed by atoms with E-state index in [1.807, 2.05) is 36.0 Å². The van der Waals surface area contributed by atoms with Gasteiger partial charge in [0.2, 0.25) is 0 Å². The summed E-state index contributed by atoms with van der Waals surface area (Å²) >= 11 is 0. The van der Waals surface area contributed by atoms with Crippen molar-refractivity contribution < 1.29 is 9.47 Å². The fraction of sp³-hybridized carbons (Fsp3) is 0.357. The molecule has 0 fully saturated rings. The fourth-order valence-corrected chi connectivity index (χ4v) is 1.88. The molecule has 0 spiro atoms. The van der Waals surface area contributed by atoms with E-state index >= 15 is 0 Å². The fourth-order valence-electron chi connectivity index (χ4n) is 1.88. The third kappa shape index (κ3) is 3.48. The Hall–Kier alpha value is -2.01. The number of benzene rings is 1. The highest BCUT2D eigenvalue weighted by Crippen LogP contribution is 2.22. The van der Waals surface area contributed by atoms with Crippen LogP contribution in [0.1, 0.15) is 11.3 Å². The van der Waals surface area contributed by atoms with Crippen LogP contribution >= 0.6 is 0 Å². The quantitative estimate of drug-likeness (QED) is 0.860. The molecule has 0 aliphatic carbocycles. The van der Waals surface area contributed by atoms with E-state index in [-0.39, 0.29) is 0 Å². The Morgan fingerprint density at radius 1 is 1.11 bits per heavy atom. The van der Waals surface area contributed by atoms with E-state index in [2.05, 4.69) is 10.4 Å². The van der Waals surface area contributed by atoms with Crippen molar-refractivity contribution in [2.75, 3.05) is 14.2 Å². The molecule has 1 aromatic carbocycles. The minimum Gasteiger partial charge on any atom is -0.497 e. The molecule has 102 valence electrons. The summed E-state index contributed by atoms with van der Waals surface area (Å²) in [6, 6.07) is 7.86. The van der Waals surface area contributed by atoms with Crippen LogP contribution in [0.2, 0.25) is 0 Å². The highest BCUT2D eigenvalue weighted by atomic mass is 16.5. The molecule has 0 amide bonds. The maximum atomic E-state index is 5.25. The van der Waals surface area contributed by atoms with Gasteiger partial charge < -0.3 is 14.8 Å². The van der Waals surface area contributed by atoms with Crippen LogP contribution in [0, 0.1) is 0 Å². The highest BCUT2D eigenvalue weighted by molar-refractivity contribution is 5.38. The first kappa shape index (κ1) is 13.4. The van der Waals surface area contributed by atoms with Gasteiger partial charge in [-0.05, 0) is 23.8 Å². The molecular weight excluding hydrogens is 242 g/mol. The Morgan fingerprint density at radius 3 is 2.32 bits per heavy atom. The van der Waals surface area contributed by atoms with Crippen molar-refractivity contribution in [3.63, 3.8) is 0 Å². The number of methoxy groups -OCH3 is 2. The number of aryl methyl sites for hydroxylation is 1. The smallest absolute Gasteiger partial charge is 0.122 e. The first-order valence-electron chi connectivity index (χ1n) is 6.12. The van der Waals surface area contributed by atoms with Crippen molar-refractivity contribution in [2.45, 2.75) is 13.1 Å². The first-order chi connectivity index (χ1) is 9.22. The summed E-state index contributed by atoms with van der Waals surface area (Å²) in [5, 5.41) is 7.51. The average Bonchev–Trinajstić information content (AvgIpc) is 2.84. The summed E-state index contributed by atoms with van der Waals surface area (Å²) in [4.78, 5) is 0. The van der Waals surface area contributed by atoms with E-state index in [4.69, 9.17) is 9.47 Å². The van der Waals surface area contributed by atoms with Gasteiger partial charge in [-0.2, -0.15) is 5.10 Å². The lowest BCUT2D eigenvalue weighted by Gasteiger charge is -2.09. The molecule has 0 aliphatic heterocycles. The number of aromatic nitrogens is 2.